The number of rotatable bonds is 4. The predicted molar refractivity (Wildman–Crippen MR) is 100 cm³/mol. The summed E-state index contributed by atoms with van der Waals surface area (Å²) in [6.07, 6.45) is 0. The van der Waals surface area contributed by atoms with E-state index in [4.69, 9.17) is 0 Å². The maximum atomic E-state index is 12.3. The van der Waals surface area contributed by atoms with Gasteiger partial charge in [-0.3, -0.25) is 14.7 Å². The monoisotopic (exact) mass is 349 g/mol. The van der Waals surface area contributed by atoms with Crippen LogP contribution < -0.4 is 0 Å². The molecule has 0 saturated carbocycles. The second kappa shape index (κ2) is 8.22. The number of hydrogen-bond acceptors (Lipinski definition) is 5. The number of piperazine rings is 1. The molecule has 4 nitrogen and oxygen atoms in total. The highest BCUT2D eigenvalue weighted by molar-refractivity contribution is 8.39. The summed E-state index contributed by atoms with van der Waals surface area (Å²) in [6, 6.07) is 8.54. The standard InChI is InChI=1S/C17H23N3OS2/c1-14-4-2-3-5-15(14)12-19-7-9-20(10-8-19)16(21)13-23-17-18-6-11-22-17/h2-5H,6-13H2,1H3. The quantitative estimate of drug-likeness (QED) is 0.837. The van der Waals surface area contributed by atoms with Crippen LogP contribution in [-0.2, 0) is 11.3 Å². The van der Waals surface area contributed by atoms with E-state index in [1.165, 1.54) is 11.1 Å². The molecule has 0 aliphatic carbocycles. The molecule has 23 heavy (non-hydrogen) atoms. The first-order valence-corrected chi connectivity index (χ1v) is 10.0. The number of benzene rings is 1. The summed E-state index contributed by atoms with van der Waals surface area (Å²) in [5, 5.41) is 0. The molecule has 2 heterocycles. The molecule has 1 saturated heterocycles. The van der Waals surface area contributed by atoms with E-state index < -0.39 is 0 Å². The van der Waals surface area contributed by atoms with E-state index in [0.29, 0.717) is 5.75 Å². The molecule has 0 aromatic heterocycles. The van der Waals surface area contributed by atoms with Crippen LogP contribution in [0.3, 0.4) is 0 Å². The number of carbonyl (C=O) groups is 1. The summed E-state index contributed by atoms with van der Waals surface area (Å²) in [5.74, 6) is 1.85. The lowest BCUT2D eigenvalue weighted by Gasteiger charge is -2.35. The molecule has 0 radical (unpaired) electrons. The Morgan fingerprint density at radius 3 is 2.74 bits per heavy atom. The first-order chi connectivity index (χ1) is 11.2. The number of nitrogens with zero attached hydrogens (tertiary/aromatic N) is 3. The average Bonchev–Trinajstić information content (AvgIpc) is 3.09. The highest BCUT2D eigenvalue weighted by Gasteiger charge is 2.22. The van der Waals surface area contributed by atoms with Gasteiger partial charge in [0.2, 0.25) is 5.91 Å². The molecule has 0 atom stereocenters. The van der Waals surface area contributed by atoms with Crippen LogP contribution in [0.15, 0.2) is 29.3 Å². The fourth-order valence-electron chi connectivity index (χ4n) is 2.80. The molecule has 2 aliphatic rings. The van der Waals surface area contributed by atoms with Crippen molar-refractivity contribution < 1.29 is 4.79 Å². The summed E-state index contributed by atoms with van der Waals surface area (Å²) in [4.78, 5) is 21.1. The number of aliphatic imine (C=N–C) groups is 1. The fourth-order valence-corrected chi connectivity index (χ4v) is 4.71. The maximum absolute atomic E-state index is 12.3. The van der Waals surface area contributed by atoms with Gasteiger partial charge in [0.15, 0.2) is 0 Å². The van der Waals surface area contributed by atoms with Crippen LogP contribution in [0.25, 0.3) is 0 Å². The Morgan fingerprint density at radius 1 is 1.26 bits per heavy atom. The summed E-state index contributed by atoms with van der Waals surface area (Å²) < 4.78 is 1.08. The summed E-state index contributed by atoms with van der Waals surface area (Å²) in [6.45, 7) is 7.64. The Kier molecular flexibility index (Phi) is 6.02. The number of amides is 1. The summed E-state index contributed by atoms with van der Waals surface area (Å²) in [7, 11) is 0. The van der Waals surface area contributed by atoms with Gasteiger partial charge in [-0.2, -0.15) is 0 Å². The van der Waals surface area contributed by atoms with Crippen molar-refractivity contribution in [3.8, 4) is 0 Å². The first-order valence-electron chi connectivity index (χ1n) is 8.07. The molecule has 1 amide bonds. The molecule has 1 fully saturated rings. The van der Waals surface area contributed by atoms with Crippen LogP contribution in [0, 0.1) is 6.92 Å². The topological polar surface area (TPSA) is 35.9 Å². The molecule has 1 aromatic rings. The number of carbonyl (C=O) groups excluding carboxylic acids is 1. The normalized spacial score (nSPS) is 19.0. The zero-order chi connectivity index (χ0) is 16.1. The van der Waals surface area contributed by atoms with E-state index in [1.54, 1.807) is 23.5 Å². The van der Waals surface area contributed by atoms with Gasteiger partial charge in [0.05, 0.1) is 12.3 Å². The highest BCUT2D eigenvalue weighted by Crippen LogP contribution is 2.22. The lowest BCUT2D eigenvalue weighted by Crippen LogP contribution is -2.48. The minimum absolute atomic E-state index is 0.251. The molecule has 0 N–H and O–H groups in total. The lowest BCUT2D eigenvalue weighted by molar-refractivity contribution is -0.130. The van der Waals surface area contributed by atoms with Crippen molar-refractivity contribution in [1.82, 2.24) is 9.80 Å². The zero-order valence-electron chi connectivity index (χ0n) is 13.5. The van der Waals surface area contributed by atoms with Crippen molar-refractivity contribution >= 4 is 33.8 Å². The Bertz CT molecular complexity index is 583. The van der Waals surface area contributed by atoms with E-state index in [0.717, 1.165) is 49.4 Å². The van der Waals surface area contributed by atoms with Gasteiger partial charge in [0.25, 0.3) is 0 Å². The molecule has 6 heteroatoms. The molecule has 3 rings (SSSR count). The van der Waals surface area contributed by atoms with Crippen LogP contribution in [0.2, 0.25) is 0 Å². The highest BCUT2D eigenvalue weighted by atomic mass is 32.2. The molecular weight excluding hydrogens is 326 g/mol. The van der Waals surface area contributed by atoms with Gasteiger partial charge >= 0.3 is 0 Å². The number of hydrogen-bond donors (Lipinski definition) is 0. The van der Waals surface area contributed by atoms with Gasteiger partial charge in [-0.1, -0.05) is 47.8 Å². The smallest absolute Gasteiger partial charge is 0.233 e. The van der Waals surface area contributed by atoms with Gasteiger partial charge in [-0.15, -0.1) is 0 Å². The van der Waals surface area contributed by atoms with Crippen LogP contribution in [0.1, 0.15) is 11.1 Å². The maximum Gasteiger partial charge on any atom is 0.233 e. The fraction of sp³-hybridized carbons (Fsp3) is 0.529. The van der Waals surface area contributed by atoms with E-state index in [-0.39, 0.29) is 5.91 Å². The van der Waals surface area contributed by atoms with Crippen LogP contribution in [0.5, 0.6) is 0 Å². The Balaban J connectivity index is 1.42. The van der Waals surface area contributed by atoms with Crippen molar-refractivity contribution in [2.45, 2.75) is 13.5 Å². The minimum Gasteiger partial charge on any atom is -0.339 e. The zero-order valence-corrected chi connectivity index (χ0v) is 15.2. The van der Waals surface area contributed by atoms with Gasteiger partial charge < -0.3 is 4.90 Å². The molecule has 0 unspecified atom stereocenters. The Hall–Kier alpha value is -0.980. The van der Waals surface area contributed by atoms with Gasteiger partial charge in [-0.25, -0.2) is 0 Å². The van der Waals surface area contributed by atoms with E-state index in [9.17, 15) is 4.79 Å². The van der Waals surface area contributed by atoms with Gasteiger partial charge in [0.1, 0.15) is 4.38 Å². The molecule has 124 valence electrons. The Morgan fingerprint density at radius 2 is 2.04 bits per heavy atom. The van der Waals surface area contributed by atoms with Gasteiger partial charge in [0, 0.05) is 38.5 Å². The molecule has 0 spiro atoms. The lowest BCUT2D eigenvalue weighted by atomic mass is 10.1. The largest absolute Gasteiger partial charge is 0.339 e. The summed E-state index contributed by atoms with van der Waals surface area (Å²) in [5.41, 5.74) is 2.73. The molecule has 2 aliphatic heterocycles. The van der Waals surface area contributed by atoms with Gasteiger partial charge in [-0.05, 0) is 18.1 Å². The third kappa shape index (κ3) is 4.75. The first kappa shape index (κ1) is 16.9. The van der Waals surface area contributed by atoms with Crippen LogP contribution >= 0.6 is 23.5 Å². The average molecular weight is 350 g/mol. The number of aryl methyl sites for hydroxylation is 1. The van der Waals surface area contributed by atoms with Crippen molar-refractivity contribution in [1.29, 1.82) is 0 Å². The van der Waals surface area contributed by atoms with Crippen LogP contribution in [-0.4, -0.2) is 64.3 Å². The predicted octanol–water partition coefficient (Wildman–Crippen LogP) is 2.48. The van der Waals surface area contributed by atoms with Crippen molar-refractivity contribution in [3.05, 3.63) is 35.4 Å². The van der Waals surface area contributed by atoms with Crippen molar-refractivity contribution in [2.24, 2.45) is 4.99 Å². The third-order valence-corrected chi connectivity index (χ3v) is 6.49. The van der Waals surface area contributed by atoms with E-state index in [2.05, 4.69) is 41.1 Å². The second-order valence-corrected chi connectivity index (χ2v) is 8.17. The molecular formula is C17H23N3OS2. The SMILES string of the molecule is Cc1ccccc1CN1CCN(C(=O)CSC2=NCCS2)CC1. The minimum atomic E-state index is 0.251. The van der Waals surface area contributed by atoms with Crippen molar-refractivity contribution in [3.63, 3.8) is 0 Å². The summed E-state index contributed by atoms with van der Waals surface area (Å²) >= 11 is 3.37. The number of thioether (sulfide) groups is 2. The van der Waals surface area contributed by atoms with Crippen LogP contribution in [0.4, 0.5) is 0 Å². The van der Waals surface area contributed by atoms with E-state index in [1.807, 2.05) is 4.90 Å². The van der Waals surface area contributed by atoms with E-state index >= 15 is 0 Å². The van der Waals surface area contributed by atoms with Crippen molar-refractivity contribution in [2.75, 3.05) is 44.2 Å². The Labute approximate surface area is 146 Å². The molecule has 0 bridgehead atoms. The third-order valence-electron chi connectivity index (χ3n) is 4.26. The second-order valence-electron chi connectivity index (χ2n) is 5.87. The molecule has 1 aromatic carbocycles.